The van der Waals surface area contributed by atoms with Gasteiger partial charge in [0.25, 0.3) is 0 Å². The fourth-order valence-corrected chi connectivity index (χ4v) is 2.95. The van der Waals surface area contributed by atoms with Gasteiger partial charge in [0.2, 0.25) is 11.1 Å². The Balaban J connectivity index is 1.55. The van der Waals surface area contributed by atoms with E-state index in [0.717, 1.165) is 5.56 Å². The minimum atomic E-state index is -0.336. The molecule has 0 saturated carbocycles. The van der Waals surface area contributed by atoms with Crippen LogP contribution in [0.3, 0.4) is 0 Å². The van der Waals surface area contributed by atoms with Crippen LogP contribution in [0.1, 0.15) is 11.1 Å². The molecule has 0 spiro atoms. The third-order valence-corrected chi connectivity index (χ3v) is 4.65. The van der Waals surface area contributed by atoms with Gasteiger partial charge < -0.3 is 11.2 Å². The lowest BCUT2D eigenvalue weighted by Gasteiger charge is -2.06. The molecule has 0 radical (unpaired) electrons. The lowest BCUT2D eigenvalue weighted by atomic mass is 10.1. The second kappa shape index (κ2) is 8.01. The molecule has 6 nitrogen and oxygen atoms in total. The average molecular weight is 371 g/mol. The zero-order valence-electron chi connectivity index (χ0n) is 14.1. The maximum absolute atomic E-state index is 13.0. The molecule has 2 aromatic carbocycles. The van der Waals surface area contributed by atoms with Gasteiger partial charge in [-0.3, -0.25) is 4.79 Å². The van der Waals surface area contributed by atoms with Crippen molar-refractivity contribution in [1.82, 2.24) is 20.2 Å². The van der Waals surface area contributed by atoms with E-state index in [4.69, 9.17) is 5.84 Å². The van der Waals surface area contributed by atoms with E-state index < -0.39 is 0 Å². The summed E-state index contributed by atoms with van der Waals surface area (Å²) in [4.78, 5) is 12.0. The SMILES string of the molecule is Cc1ccc(CNC(=O)CSc2nnc(-c3ccc(F)cc3)n2N)cc1. The van der Waals surface area contributed by atoms with Gasteiger partial charge in [0, 0.05) is 12.1 Å². The number of nitrogens with two attached hydrogens (primary N) is 1. The van der Waals surface area contributed by atoms with Crippen molar-refractivity contribution in [3.8, 4) is 11.4 Å². The highest BCUT2D eigenvalue weighted by Gasteiger charge is 2.13. The summed E-state index contributed by atoms with van der Waals surface area (Å²) in [6.45, 7) is 2.48. The first-order valence-electron chi connectivity index (χ1n) is 7.94. The molecule has 1 heterocycles. The molecular formula is C18H18FN5OS. The second-order valence-electron chi connectivity index (χ2n) is 5.73. The maximum Gasteiger partial charge on any atom is 0.230 e. The van der Waals surface area contributed by atoms with Crippen LogP contribution in [0, 0.1) is 12.7 Å². The number of aromatic nitrogens is 3. The summed E-state index contributed by atoms with van der Waals surface area (Å²) in [7, 11) is 0. The van der Waals surface area contributed by atoms with Gasteiger partial charge in [-0.25, -0.2) is 9.07 Å². The van der Waals surface area contributed by atoms with Crippen molar-refractivity contribution >= 4 is 17.7 Å². The lowest BCUT2D eigenvalue weighted by molar-refractivity contribution is -0.118. The topological polar surface area (TPSA) is 85.8 Å². The Labute approximate surface area is 154 Å². The van der Waals surface area contributed by atoms with Crippen LogP contribution in [0.5, 0.6) is 0 Å². The molecule has 3 aromatic rings. The van der Waals surface area contributed by atoms with Crippen LogP contribution in [0.15, 0.2) is 53.7 Å². The van der Waals surface area contributed by atoms with Crippen molar-refractivity contribution in [2.45, 2.75) is 18.6 Å². The Kier molecular flexibility index (Phi) is 5.52. The molecular weight excluding hydrogens is 353 g/mol. The van der Waals surface area contributed by atoms with Crippen LogP contribution in [-0.2, 0) is 11.3 Å². The highest BCUT2D eigenvalue weighted by atomic mass is 32.2. The van der Waals surface area contributed by atoms with Gasteiger partial charge in [0.05, 0.1) is 5.75 Å². The average Bonchev–Trinajstić information content (AvgIpc) is 3.01. The number of aryl methyl sites for hydroxylation is 1. The molecule has 0 fully saturated rings. The van der Waals surface area contributed by atoms with E-state index in [1.54, 1.807) is 12.1 Å². The van der Waals surface area contributed by atoms with E-state index in [9.17, 15) is 9.18 Å². The summed E-state index contributed by atoms with van der Waals surface area (Å²) in [5.74, 6) is 6.11. The van der Waals surface area contributed by atoms with Gasteiger partial charge >= 0.3 is 0 Å². The van der Waals surface area contributed by atoms with E-state index >= 15 is 0 Å². The van der Waals surface area contributed by atoms with Crippen LogP contribution in [0.4, 0.5) is 4.39 Å². The first-order valence-corrected chi connectivity index (χ1v) is 8.93. The van der Waals surface area contributed by atoms with Crippen molar-refractivity contribution in [2.75, 3.05) is 11.6 Å². The van der Waals surface area contributed by atoms with Gasteiger partial charge in [-0.1, -0.05) is 41.6 Å². The Bertz CT molecular complexity index is 893. The highest BCUT2D eigenvalue weighted by molar-refractivity contribution is 7.99. The molecule has 3 N–H and O–H groups in total. The maximum atomic E-state index is 13.0. The standard InChI is InChI=1S/C18H18FN5OS/c1-12-2-4-13(5-3-12)10-21-16(25)11-26-18-23-22-17(24(18)20)14-6-8-15(19)9-7-14/h2-9H,10-11,20H2,1H3,(H,21,25). The second-order valence-corrected chi connectivity index (χ2v) is 6.68. The number of benzene rings is 2. The summed E-state index contributed by atoms with van der Waals surface area (Å²) in [6.07, 6.45) is 0. The Morgan fingerprint density at radius 2 is 1.85 bits per heavy atom. The molecule has 0 saturated heterocycles. The summed E-state index contributed by atoms with van der Waals surface area (Å²) >= 11 is 1.19. The number of halogens is 1. The van der Waals surface area contributed by atoms with E-state index in [0.29, 0.717) is 23.1 Å². The fourth-order valence-electron chi connectivity index (χ4n) is 2.26. The quantitative estimate of drug-likeness (QED) is 0.514. The van der Waals surface area contributed by atoms with Crippen LogP contribution < -0.4 is 11.2 Å². The van der Waals surface area contributed by atoms with Crippen molar-refractivity contribution in [3.63, 3.8) is 0 Å². The predicted octanol–water partition coefficient (Wildman–Crippen LogP) is 2.51. The number of rotatable bonds is 6. The van der Waals surface area contributed by atoms with Crippen LogP contribution in [-0.4, -0.2) is 26.5 Å². The van der Waals surface area contributed by atoms with Gasteiger partial charge in [-0.2, -0.15) is 0 Å². The Hall–Kier alpha value is -2.87. The molecule has 134 valence electrons. The summed E-state index contributed by atoms with van der Waals surface area (Å²) < 4.78 is 14.3. The number of carbonyl (C=O) groups is 1. The van der Waals surface area contributed by atoms with Gasteiger partial charge in [-0.15, -0.1) is 10.2 Å². The van der Waals surface area contributed by atoms with Crippen molar-refractivity contribution in [3.05, 3.63) is 65.5 Å². The normalized spacial score (nSPS) is 10.7. The van der Waals surface area contributed by atoms with E-state index in [1.807, 2.05) is 31.2 Å². The Morgan fingerprint density at radius 3 is 2.54 bits per heavy atom. The van der Waals surface area contributed by atoms with Crippen molar-refractivity contribution in [1.29, 1.82) is 0 Å². The number of nitrogens with zero attached hydrogens (tertiary/aromatic N) is 3. The van der Waals surface area contributed by atoms with Gasteiger partial charge in [-0.05, 0) is 36.8 Å². The number of nitrogens with one attached hydrogen (secondary N) is 1. The van der Waals surface area contributed by atoms with Gasteiger partial charge in [0.1, 0.15) is 5.82 Å². The van der Waals surface area contributed by atoms with Crippen LogP contribution in [0.2, 0.25) is 0 Å². The first-order chi connectivity index (χ1) is 12.5. The van der Waals surface area contributed by atoms with E-state index in [1.165, 1.54) is 34.1 Å². The molecule has 0 aliphatic rings. The van der Waals surface area contributed by atoms with E-state index in [2.05, 4.69) is 15.5 Å². The number of hydrogen-bond donors (Lipinski definition) is 2. The van der Waals surface area contributed by atoms with Crippen molar-refractivity contribution < 1.29 is 9.18 Å². The Morgan fingerprint density at radius 1 is 1.15 bits per heavy atom. The zero-order valence-corrected chi connectivity index (χ0v) is 15.0. The minimum absolute atomic E-state index is 0.123. The minimum Gasteiger partial charge on any atom is -0.351 e. The van der Waals surface area contributed by atoms with E-state index in [-0.39, 0.29) is 17.5 Å². The fraction of sp³-hybridized carbons (Fsp3) is 0.167. The molecule has 3 rings (SSSR count). The largest absolute Gasteiger partial charge is 0.351 e. The summed E-state index contributed by atoms with van der Waals surface area (Å²) in [5, 5.41) is 11.3. The predicted molar refractivity (Wildman–Crippen MR) is 99.3 cm³/mol. The molecule has 1 amide bonds. The third kappa shape index (κ3) is 4.40. The molecule has 0 bridgehead atoms. The molecule has 8 heteroatoms. The highest BCUT2D eigenvalue weighted by Crippen LogP contribution is 2.21. The molecule has 0 atom stereocenters. The first kappa shape index (κ1) is 17.9. The number of hydrogen-bond acceptors (Lipinski definition) is 5. The van der Waals surface area contributed by atoms with Crippen LogP contribution >= 0.6 is 11.8 Å². The lowest BCUT2D eigenvalue weighted by Crippen LogP contribution is -2.25. The summed E-state index contributed by atoms with van der Waals surface area (Å²) in [5.41, 5.74) is 2.86. The molecule has 0 unspecified atom stereocenters. The van der Waals surface area contributed by atoms with Gasteiger partial charge in [0.15, 0.2) is 5.82 Å². The number of thioether (sulfide) groups is 1. The van der Waals surface area contributed by atoms with Crippen molar-refractivity contribution in [2.24, 2.45) is 0 Å². The third-order valence-electron chi connectivity index (χ3n) is 3.71. The smallest absolute Gasteiger partial charge is 0.230 e. The number of carbonyl (C=O) groups excluding carboxylic acids is 1. The summed E-state index contributed by atoms with van der Waals surface area (Å²) in [6, 6.07) is 13.8. The number of nitrogen functional groups attached to an aromatic ring is 1. The molecule has 0 aliphatic heterocycles. The number of amides is 1. The molecule has 0 aliphatic carbocycles. The zero-order chi connectivity index (χ0) is 18.5. The molecule has 26 heavy (non-hydrogen) atoms. The molecule has 1 aromatic heterocycles. The van der Waals surface area contributed by atoms with Crippen LogP contribution in [0.25, 0.3) is 11.4 Å². The monoisotopic (exact) mass is 371 g/mol.